The quantitative estimate of drug-likeness (QED) is 0.710. The fraction of sp³-hybridized carbons (Fsp3) is 0.0909. The van der Waals surface area contributed by atoms with Crippen molar-refractivity contribution in [2.45, 2.75) is 0 Å². The molecule has 2 aromatic rings. The van der Waals surface area contributed by atoms with Gasteiger partial charge in [-0.25, -0.2) is 0 Å². The number of halogens is 2. The topological polar surface area (TPSA) is 9.23 Å². The predicted molar refractivity (Wildman–Crippen MR) is 60.5 cm³/mol. The summed E-state index contributed by atoms with van der Waals surface area (Å²) in [6, 6.07) is 9.21. The van der Waals surface area contributed by atoms with E-state index in [0.29, 0.717) is 10.0 Å². The first-order valence-corrected chi connectivity index (χ1v) is 4.89. The van der Waals surface area contributed by atoms with Crippen LogP contribution in [0.15, 0.2) is 30.3 Å². The van der Waals surface area contributed by atoms with Gasteiger partial charge in [0.05, 0.1) is 7.11 Å². The van der Waals surface area contributed by atoms with Crippen LogP contribution in [0.2, 0.25) is 10.0 Å². The first kappa shape index (κ1) is 9.63. The van der Waals surface area contributed by atoms with Crippen LogP contribution in [0, 0.1) is 0 Å². The molecule has 0 aromatic heterocycles. The van der Waals surface area contributed by atoms with Gasteiger partial charge in [0.2, 0.25) is 0 Å². The fourth-order valence-corrected chi connectivity index (χ4v) is 1.83. The molecule has 0 fully saturated rings. The van der Waals surface area contributed by atoms with Crippen LogP contribution in [0.5, 0.6) is 5.75 Å². The second-order valence-electron chi connectivity index (χ2n) is 2.94. The Hall–Kier alpha value is -0.920. The highest BCUT2D eigenvalue weighted by molar-refractivity contribution is 6.37. The highest BCUT2D eigenvalue weighted by Gasteiger charge is 2.04. The molecule has 0 aliphatic heterocycles. The second kappa shape index (κ2) is 3.68. The number of hydrogen-bond acceptors (Lipinski definition) is 1. The maximum atomic E-state index is 6.04. The van der Waals surface area contributed by atoms with Crippen molar-refractivity contribution in [2.75, 3.05) is 7.11 Å². The monoisotopic (exact) mass is 226 g/mol. The van der Waals surface area contributed by atoms with Crippen LogP contribution < -0.4 is 4.74 Å². The van der Waals surface area contributed by atoms with E-state index in [4.69, 9.17) is 27.9 Å². The molecule has 0 saturated heterocycles. The number of hydrogen-bond donors (Lipinski definition) is 0. The zero-order chi connectivity index (χ0) is 10.1. The van der Waals surface area contributed by atoms with Crippen LogP contribution in [-0.4, -0.2) is 7.11 Å². The molecular weight excluding hydrogens is 219 g/mol. The molecule has 0 unspecified atom stereocenters. The van der Waals surface area contributed by atoms with Gasteiger partial charge in [0, 0.05) is 20.8 Å². The fourth-order valence-electron chi connectivity index (χ4n) is 1.44. The molecule has 3 heteroatoms. The van der Waals surface area contributed by atoms with Crippen molar-refractivity contribution in [1.82, 2.24) is 0 Å². The minimum atomic E-state index is 0.674. The summed E-state index contributed by atoms with van der Waals surface area (Å²) in [7, 11) is 1.64. The van der Waals surface area contributed by atoms with Crippen molar-refractivity contribution in [3.8, 4) is 5.75 Å². The van der Waals surface area contributed by atoms with Crippen molar-refractivity contribution in [2.24, 2.45) is 0 Å². The highest BCUT2D eigenvalue weighted by atomic mass is 35.5. The van der Waals surface area contributed by atoms with Gasteiger partial charge >= 0.3 is 0 Å². The van der Waals surface area contributed by atoms with Crippen molar-refractivity contribution >= 4 is 34.0 Å². The molecule has 0 atom stereocenters. The Bertz CT molecular complexity index is 480. The molecular formula is C11H8Cl2O. The summed E-state index contributed by atoms with van der Waals surface area (Å²) in [4.78, 5) is 0. The van der Waals surface area contributed by atoms with Crippen LogP contribution in [-0.2, 0) is 0 Å². The summed E-state index contributed by atoms with van der Waals surface area (Å²) in [6.07, 6.45) is 0. The van der Waals surface area contributed by atoms with Crippen LogP contribution in [0.3, 0.4) is 0 Å². The maximum absolute atomic E-state index is 6.04. The zero-order valence-electron chi connectivity index (χ0n) is 7.55. The van der Waals surface area contributed by atoms with Crippen molar-refractivity contribution in [1.29, 1.82) is 0 Å². The number of rotatable bonds is 1. The molecule has 0 radical (unpaired) electrons. The van der Waals surface area contributed by atoms with Crippen LogP contribution in [0.1, 0.15) is 0 Å². The molecule has 0 saturated carbocycles. The van der Waals surface area contributed by atoms with Gasteiger partial charge in [-0.05, 0) is 30.3 Å². The average molecular weight is 227 g/mol. The minimum Gasteiger partial charge on any atom is -0.496 e. The zero-order valence-corrected chi connectivity index (χ0v) is 9.06. The van der Waals surface area contributed by atoms with Gasteiger partial charge in [0.15, 0.2) is 0 Å². The summed E-state index contributed by atoms with van der Waals surface area (Å²) in [5, 5.41) is 3.25. The summed E-state index contributed by atoms with van der Waals surface area (Å²) >= 11 is 11.9. The van der Waals surface area contributed by atoms with E-state index in [0.717, 1.165) is 16.5 Å². The van der Waals surface area contributed by atoms with Crippen LogP contribution >= 0.6 is 23.2 Å². The lowest BCUT2D eigenvalue weighted by Gasteiger charge is -2.06. The molecule has 1 nitrogen and oxygen atoms in total. The van der Waals surface area contributed by atoms with Gasteiger partial charge in [0.25, 0.3) is 0 Å². The van der Waals surface area contributed by atoms with E-state index in [9.17, 15) is 0 Å². The normalized spacial score (nSPS) is 10.5. The smallest absolute Gasteiger partial charge is 0.126 e. The Balaban J connectivity index is 2.84. The van der Waals surface area contributed by atoms with Gasteiger partial charge in [-0.1, -0.05) is 23.2 Å². The molecule has 0 amide bonds. The molecule has 2 aromatic carbocycles. The molecule has 0 N–H and O–H groups in total. The third-order valence-corrected chi connectivity index (χ3v) is 2.67. The number of ether oxygens (including phenoxy) is 1. The Morgan fingerprint density at radius 2 is 1.79 bits per heavy atom. The first-order valence-electron chi connectivity index (χ1n) is 4.14. The second-order valence-corrected chi connectivity index (χ2v) is 3.78. The Kier molecular flexibility index (Phi) is 2.53. The lowest BCUT2D eigenvalue weighted by atomic mass is 10.1. The number of methoxy groups -OCH3 is 1. The summed E-state index contributed by atoms with van der Waals surface area (Å²) in [5.41, 5.74) is 0. The van der Waals surface area contributed by atoms with Gasteiger partial charge in [0.1, 0.15) is 5.75 Å². The lowest BCUT2D eigenvalue weighted by molar-refractivity contribution is 0.420. The molecule has 0 bridgehead atoms. The van der Waals surface area contributed by atoms with Crippen LogP contribution in [0.4, 0.5) is 0 Å². The number of fused-ring (bicyclic) bond motifs is 1. The van der Waals surface area contributed by atoms with E-state index in [1.165, 1.54) is 0 Å². The Morgan fingerprint density at radius 3 is 2.50 bits per heavy atom. The maximum Gasteiger partial charge on any atom is 0.126 e. The van der Waals surface area contributed by atoms with E-state index in [2.05, 4.69) is 0 Å². The van der Waals surface area contributed by atoms with E-state index in [1.807, 2.05) is 24.3 Å². The predicted octanol–water partition coefficient (Wildman–Crippen LogP) is 4.16. The van der Waals surface area contributed by atoms with E-state index < -0.39 is 0 Å². The Morgan fingerprint density at radius 1 is 1.00 bits per heavy atom. The third-order valence-electron chi connectivity index (χ3n) is 2.11. The summed E-state index contributed by atoms with van der Waals surface area (Å²) in [5.74, 6) is 0.807. The van der Waals surface area contributed by atoms with Gasteiger partial charge in [-0.2, -0.15) is 0 Å². The standard InChI is InChI=1S/C11H8Cl2O/c1-14-11-5-4-10(13)9-6-7(12)2-3-8(9)11/h2-6H,1H3. The molecule has 0 heterocycles. The molecule has 0 spiro atoms. The summed E-state index contributed by atoms with van der Waals surface area (Å²) < 4.78 is 5.22. The van der Waals surface area contributed by atoms with Crippen molar-refractivity contribution in [3.63, 3.8) is 0 Å². The van der Waals surface area contributed by atoms with Crippen molar-refractivity contribution in [3.05, 3.63) is 40.4 Å². The number of benzene rings is 2. The first-order chi connectivity index (χ1) is 6.72. The molecule has 2 rings (SSSR count). The SMILES string of the molecule is COc1ccc(Cl)c2cc(Cl)ccc12. The largest absolute Gasteiger partial charge is 0.496 e. The Labute approximate surface area is 92.2 Å². The molecule has 0 aliphatic carbocycles. The minimum absolute atomic E-state index is 0.674. The third kappa shape index (κ3) is 1.54. The lowest BCUT2D eigenvalue weighted by Crippen LogP contribution is -1.85. The highest BCUT2D eigenvalue weighted by Crippen LogP contribution is 2.32. The van der Waals surface area contributed by atoms with E-state index >= 15 is 0 Å². The molecule has 72 valence electrons. The van der Waals surface area contributed by atoms with Gasteiger partial charge in [-0.15, -0.1) is 0 Å². The summed E-state index contributed by atoms with van der Waals surface area (Å²) in [6.45, 7) is 0. The van der Waals surface area contributed by atoms with Gasteiger partial charge < -0.3 is 4.74 Å². The van der Waals surface area contributed by atoms with Crippen LogP contribution in [0.25, 0.3) is 10.8 Å². The van der Waals surface area contributed by atoms with E-state index in [-0.39, 0.29) is 0 Å². The van der Waals surface area contributed by atoms with E-state index in [1.54, 1.807) is 13.2 Å². The molecule has 0 aliphatic rings. The average Bonchev–Trinajstić information content (AvgIpc) is 2.19. The van der Waals surface area contributed by atoms with Crippen molar-refractivity contribution < 1.29 is 4.74 Å². The van der Waals surface area contributed by atoms with Gasteiger partial charge in [-0.3, -0.25) is 0 Å². The molecule has 14 heavy (non-hydrogen) atoms.